The molecule has 6 atom stereocenters. The lowest BCUT2D eigenvalue weighted by Crippen LogP contribution is -2.30. The van der Waals surface area contributed by atoms with Crippen LogP contribution in [0, 0.1) is 29.6 Å². The van der Waals surface area contributed by atoms with Crippen molar-refractivity contribution >= 4 is 11.8 Å². The van der Waals surface area contributed by atoms with E-state index in [1.807, 2.05) is 33.4 Å². The van der Waals surface area contributed by atoms with Crippen molar-refractivity contribution in [3.63, 3.8) is 0 Å². The molecule has 0 saturated carbocycles. The highest BCUT2D eigenvalue weighted by Gasteiger charge is 2.56. The van der Waals surface area contributed by atoms with Gasteiger partial charge in [0, 0.05) is 11.0 Å². The second kappa shape index (κ2) is 5.91. The SMILES string of the molecule is C1=C\CCC2C3=C4C5=C6C(CCC42)CSC6CC2CC(CCCC/1)CC3=C52. The Morgan fingerprint density at radius 3 is 2.70 bits per heavy atom. The number of allylic oxidation sites excluding steroid dienone is 7. The van der Waals surface area contributed by atoms with E-state index in [2.05, 4.69) is 23.9 Å². The molecule has 27 heavy (non-hydrogen) atoms. The van der Waals surface area contributed by atoms with Crippen molar-refractivity contribution in [2.45, 2.75) is 75.9 Å². The highest BCUT2D eigenvalue weighted by atomic mass is 32.2. The molecule has 6 unspecified atom stereocenters. The van der Waals surface area contributed by atoms with E-state index in [1.165, 1.54) is 76.4 Å². The maximum absolute atomic E-state index is 2.52. The Kier molecular flexibility index (Phi) is 3.53. The van der Waals surface area contributed by atoms with Gasteiger partial charge < -0.3 is 0 Å². The van der Waals surface area contributed by atoms with E-state index in [-0.39, 0.29) is 0 Å². The minimum Gasteiger partial charge on any atom is -0.153 e. The minimum atomic E-state index is 0.894. The normalized spacial score (nSPS) is 45.9. The Labute approximate surface area is 168 Å². The Hall–Kier alpha value is -0.690. The second-order valence-electron chi connectivity index (χ2n) is 10.4. The molecule has 0 aromatic rings. The Bertz CT molecular complexity index is 821. The molecule has 0 radical (unpaired) electrons. The quantitative estimate of drug-likeness (QED) is 0.410. The predicted molar refractivity (Wildman–Crippen MR) is 115 cm³/mol. The zero-order valence-corrected chi connectivity index (χ0v) is 17.3. The lowest BCUT2D eigenvalue weighted by Gasteiger charge is -2.41. The lowest BCUT2D eigenvalue weighted by atomic mass is 9.63. The average Bonchev–Trinajstić information content (AvgIpc) is 3.14. The summed E-state index contributed by atoms with van der Waals surface area (Å²) in [5.41, 5.74) is 11.6. The van der Waals surface area contributed by atoms with E-state index >= 15 is 0 Å². The Balaban J connectivity index is 1.40. The summed E-state index contributed by atoms with van der Waals surface area (Å²) in [4.78, 5) is 0. The van der Waals surface area contributed by atoms with Gasteiger partial charge in [0.15, 0.2) is 0 Å². The maximum Gasteiger partial charge on any atom is 0.0274 e. The fraction of sp³-hybridized carbons (Fsp3) is 0.692. The molecular weight excluding hydrogens is 344 g/mol. The molecule has 0 N–H and O–H groups in total. The van der Waals surface area contributed by atoms with Gasteiger partial charge in [-0.25, -0.2) is 0 Å². The molecule has 6 aliphatic carbocycles. The summed E-state index contributed by atoms with van der Waals surface area (Å²) < 4.78 is 0. The Morgan fingerprint density at radius 1 is 0.778 bits per heavy atom. The third kappa shape index (κ3) is 2.13. The van der Waals surface area contributed by atoms with Crippen LogP contribution in [0.5, 0.6) is 0 Å². The summed E-state index contributed by atoms with van der Waals surface area (Å²) in [7, 11) is 0. The fourth-order valence-electron chi connectivity index (χ4n) is 8.17. The standard InChI is InChI=1S/C26H32S/c1-2-4-6-8-18-19-10-9-16-14-27-21-13-17-11-15(7-5-3-1)12-20-22(17)26(23(16)21)25(19)24(18)20/h2,4,15-19,21H,1,3,5-14H2/b4-2-. The van der Waals surface area contributed by atoms with Crippen molar-refractivity contribution in [1.29, 1.82) is 0 Å². The molecule has 2 bridgehead atoms. The number of hydrogen-bond acceptors (Lipinski definition) is 1. The van der Waals surface area contributed by atoms with E-state index < -0.39 is 0 Å². The molecule has 142 valence electrons. The summed E-state index contributed by atoms with van der Waals surface area (Å²) in [5, 5.41) is 0.894. The van der Waals surface area contributed by atoms with Gasteiger partial charge in [-0.15, -0.1) is 0 Å². The molecule has 1 aliphatic heterocycles. The van der Waals surface area contributed by atoms with Gasteiger partial charge in [-0.3, -0.25) is 0 Å². The van der Waals surface area contributed by atoms with Crippen molar-refractivity contribution in [2.75, 3.05) is 5.75 Å². The van der Waals surface area contributed by atoms with Gasteiger partial charge in [0.1, 0.15) is 0 Å². The molecule has 7 rings (SSSR count). The minimum absolute atomic E-state index is 0.894. The number of thioether (sulfide) groups is 1. The van der Waals surface area contributed by atoms with E-state index in [0.717, 1.165) is 34.8 Å². The van der Waals surface area contributed by atoms with Crippen molar-refractivity contribution in [3.8, 4) is 0 Å². The van der Waals surface area contributed by atoms with Crippen LogP contribution in [-0.4, -0.2) is 11.0 Å². The zero-order chi connectivity index (χ0) is 17.5. The van der Waals surface area contributed by atoms with Gasteiger partial charge in [0.2, 0.25) is 0 Å². The zero-order valence-electron chi connectivity index (χ0n) is 16.5. The van der Waals surface area contributed by atoms with Gasteiger partial charge in [-0.2, -0.15) is 11.8 Å². The van der Waals surface area contributed by atoms with Gasteiger partial charge in [0.05, 0.1) is 0 Å². The first-order valence-corrected chi connectivity index (χ1v) is 12.9. The van der Waals surface area contributed by atoms with Gasteiger partial charge >= 0.3 is 0 Å². The number of hydrogen-bond donors (Lipinski definition) is 0. The molecule has 1 heteroatoms. The molecule has 0 aromatic heterocycles. The predicted octanol–water partition coefficient (Wildman–Crippen LogP) is 7.00. The molecule has 1 saturated heterocycles. The molecule has 0 spiro atoms. The smallest absolute Gasteiger partial charge is 0.0274 e. The van der Waals surface area contributed by atoms with Crippen LogP contribution >= 0.6 is 11.8 Å². The first-order chi connectivity index (χ1) is 13.4. The third-order valence-electron chi connectivity index (χ3n) is 9.17. The van der Waals surface area contributed by atoms with Gasteiger partial charge in [-0.1, -0.05) is 25.0 Å². The topological polar surface area (TPSA) is 0 Å². The highest BCUT2D eigenvalue weighted by molar-refractivity contribution is 8.00. The molecule has 0 amide bonds. The van der Waals surface area contributed by atoms with Crippen LogP contribution in [0.25, 0.3) is 0 Å². The van der Waals surface area contributed by atoms with Crippen molar-refractivity contribution in [3.05, 3.63) is 45.6 Å². The lowest BCUT2D eigenvalue weighted by molar-refractivity contribution is 0.310. The third-order valence-corrected chi connectivity index (χ3v) is 10.6. The summed E-state index contributed by atoms with van der Waals surface area (Å²) in [6.45, 7) is 0. The largest absolute Gasteiger partial charge is 0.153 e. The van der Waals surface area contributed by atoms with Crippen LogP contribution in [0.15, 0.2) is 45.6 Å². The van der Waals surface area contributed by atoms with E-state index in [0.29, 0.717) is 0 Å². The van der Waals surface area contributed by atoms with Crippen molar-refractivity contribution in [1.82, 2.24) is 0 Å². The maximum atomic E-state index is 2.52. The number of fused-ring (bicyclic) bond motifs is 2. The van der Waals surface area contributed by atoms with Gasteiger partial charge in [0.25, 0.3) is 0 Å². The summed E-state index contributed by atoms with van der Waals surface area (Å²) in [5.74, 6) is 6.11. The fourth-order valence-corrected chi connectivity index (χ4v) is 9.84. The van der Waals surface area contributed by atoms with Crippen LogP contribution in [0.1, 0.15) is 70.6 Å². The molecule has 1 heterocycles. The molecule has 0 nitrogen and oxygen atoms in total. The summed E-state index contributed by atoms with van der Waals surface area (Å²) in [6, 6.07) is 0. The van der Waals surface area contributed by atoms with Crippen LogP contribution in [0.4, 0.5) is 0 Å². The van der Waals surface area contributed by atoms with Crippen LogP contribution < -0.4 is 0 Å². The highest BCUT2D eigenvalue weighted by Crippen LogP contribution is 2.69. The second-order valence-corrected chi connectivity index (χ2v) is 11.7. The monoisotopic (exact) mass is 376 g/mol. The summed E-state index contributed by atoms with van der Waals surface area (Å²) >= 11 is 2.34. The average molecular weight is 377 g/mol. The summed E-state index contributed by atoms with van der Waals surface area (Å²) in [6.07, 6.45) is 20.9. The van der Waals surface area contributed by atoms with Crippen molar-refractivity contribution in [2.24, 2.45) is 29.6 Å². The van der Waals surface area contributed by atoms with Crippen LogP contribution in [0.3, 0.4) is 0 Å². The van der Waals surface area contributed by atoms with Crippen LogP contribution in [0.2, 0.25) is 0 Å². The molecular formula is C26H32S. The van der Waals surface area contributed by atoms with Gasteiger partial charge in [-0.05, 0) is 121 Å². The first kappa shape index (κ1) is 16.1. The van der Waals surface area contributed by atoms with Crippen LogP contribution in [-0.2, 0) is 0 Å². The molecule has 0 aromatic carbocycles. The van der Waals surface area contributed by atoms with E-state index in [9.17, 15) is 0 Å². The molecule has 7 aliphatic rings. The van der Waals surface area contributed by atoms with E-state index in [4.69, 9.17) is 0 Å². The van der Waals surface area contributed by atoms with E-state index in [1.54, 1.807) is 0 Å². The Morgan fingerprint density at radius 2 is 1.70 bits per heavy atom. The molecule has 1 fully saturated rings. The number of rotatable bonds is 0. The first-order valence-electron chi connectivity index (χ1n) is 11.9. The van der Waals surface area contributed by atoms with Crippen molar-refractivity contribution < 1.29 is 0 Å².